The molecule has 51 valence electrons. The molecule has 1 aromatic rings. The summed E-state index contributed by atoms with van der Waals surface area (Å²) in [6.07, 6.45) is 0. The zero-order valence-corrected chi connectivity index (χ0v) is 5.74. The van der Waals surface area contributed by atoms with Gasteiger partial charge >= 0.3 is 0 Å². The summed E-state index contributed by atoms with van der Waals surface area (Å²) in [6.45, 7) is 0. The van der Waals surface area contributed by atoms with Crippen molar-refractivity contribution in [3.63, 3.8) is 0 Å². The molecule has 0 saturated carbocycles. The summed E-state index contributed by atoms with van der Waals surface area (Å²) in [5.74, 6) is -0.0411. The van der Waals surface area contributed by atoms with Gasteiger partial charge in [-0.2, -0.15) is 0 Å². The van der Waals surface area contributed by atoms with E-state index in [4.69, 9.17) is 5.41 Å². The number of hydrogen-bond acceptors (Lipinski definition) is 1. The largest absolute Gasteiger partial charge is 0.479 e. The third kappa shape index (κ3) is 1.35. The first-order valence-corrected chi connectivity index (χ1v) is 3.00. The molecule has 1 aromatic carbocycles. The summed E-state index contributed by atoms with van der Waals surface area (Å²) in [5, 5.41) is 9.02. The second kappa shape index (κ2) is 3.01. The van der Waals surface area contributed by atoms with Crippen molar-refractivity contribution in [1.29, 1.82) is 0 Å². The molecular weight excluding hydrogens is 126 g/mol. The van der Waals surface area contributed by atoms with Gasteiger partial charge in [-0.05, 0) is 12.1 Å². The Morgan fingerprint density at radius 1 is 1.30 bits per heavy atom. The lowest BCUT2D eigenvalue weighted by atomic mass is 10.2. The molecule has 0 aromatic heterocycles. The van der Waals surface area contributed by atoms with Gasteiger partial charge in [0.25, 0.3) is 0 Å². The molecule has 1 rings (SSSR count). The van der Waals surface area contributed by atoms with Gasteiger partial charge in [0.15, 0.2) is 0 Å². The van der Waals surface area contributed by atoms with Crippen LogP contribution in [0.2, 0.25) is 0 Å². The molecule has 0 spiro atoms. The highest BCUT2D eigenvalue weighted by Crippen LogP contribution is 1.97. The van der Waals surface area contributed by atoms with E-state index in [1.165, 1.54) is 7.11 Å². The van der Waals surface area contributed by atoms with Crippen molar-refractivity contribution in [3.05, 3.63) is 35.9 Å². The monoisotopic (exact) mass is 134 g/mol. The first kappa shape index (κ1) is 6.81. The lowest BCUT2D eigenvalue weighted by Gasteiger charge is -1.97. The predicted molar refractivity (Wildman–Crippen MR) is 39.7 cm³/mol. The zero-order chi connectivity index (χ0) is 7.40. The van der Waals surface area contributed by atoms with Gasteiger partial charge in [-0.15, -0.1) is 5.41 Å². The maximum Gasteiger partial charge on any atom is 0.240 e. The van der Waals surface area contributed by atoms with E-state index in [1.54, 1.807) is 12.1 Å². The van der Waals surface area contributed by atoms with Crippen LogP contribution in [-0.4, -0.2) is 13.0 Å². The van der Waals surface area contributed by atoms with Gasteiger partial charge < -0.3 is 4.74 Å². The Balaban J connectivity index is 2.85. The molecule has 0 unspecified atom stereocenters. The Morgan fingerprint density at radius 2 is 1.90 bits per heavy atom. The predicted octanol–water partition coefficient (Wildman–Crippen LogP) is 0.880. The fraction of sp³-hybridized carbons (Fsp3) is 0.125. The Bertz CT molecular complexity index is 218. The highest BCUT2D eigenvalue weighted by Gasteiger charge is 1.97. The van der Waals surface area contributed by atoms with Gasteiger partial charge in [-0.3, -0.25) is 0 Å². The van der Waals surface area contributed by atoms with Crippen molar-refractivity contribution in [2.45, 2.75) is 0 Å². The fourth-order valence-corrected chi connectivity index (χ4v) is 0.699. The van der Waals surface area contributed by atoms with E-state index in [1.807, 2.05) is 18.2 Å². The molecular formula is C8H8NO. The van der Waals surface area contributed by atoms with Crippen molar-refractivity contribution in [2.24, 2.45) is 0 Å². The molecule has 0 aliphatic heterocycles. The minimum Gasteiger partial charge on any atom is -0.479 e. The lowest BCUT2D eigenvalue weighted by molar-refractivity contribution is 0.405. The van der Waals surface area contributed by atoms with Crippen LogP contribution in [0.1, 0.15) is 5.56 Å². The minimum atomic E-state index is -0.0411. The highest BCUT2D eigenvalue weighted by atomic mass is 16.5. The second-order valence-corrected chi connectivity index (χ2v) is 1.88. The topological polar surface area (TPSA) is 31.5 Å². The average Bonchev–Trinajstić information content (AvgIpc) is 2.05. The molecule has 0 bridgehead atoms. The molecule has 0 N–H and O–H groups in total. The normalized spacial score (nSPS) is 8.90. The van der Waals surface area contributed by atoms with Crippen molar-refractivity contribution in [2.75, 3.05) is 7.11 Å². The number of rotatable bonds is 1. The summed E-state index contributed by atoms with van der Waals surface area (Å²) < 4.78 is 4.61. The Kier molecular flexibility index (Phi) is 2.05. The summed E-state index contributed by atoms with van der Waals surface area (Å²) in [7, 11) is 1.43. The molecule has 0 heterocycles. The fourth-order valence-electron chi connectivity index (χ4n) is 0.699. The van der Waals surface area contributed by atoms with E-state index in [0.29, 0.717) is 5.56 Å². The summed E-state index contributed by atoms with van der Waals surface area (Å²) in [6, 6.07) is 9.11. The molecule has 2 nitrogen and oxygen atoms in total. The van der Waals surface area contributed by atoms with Gasteiger partial charge in [0.1, 0.15) is 0 Å². The molecule has 0 amide bonds. The van der Waals surface area contributed by atoms with Crippen molar-refractivity contribution >= 4 is 5.90 Å². The highest BCUT2D eigenvalue weighted by molar-refractivity contribution is 5.92. The Morgan fingerprint density at radius 3 is 2.40 bits per heavy atom. The van der Waals surface area contributed by atoms with E-state index in [-0.39, 0.29) is 5.90 Å². The zero-order valence-electron chi connectivity index (χ0n) is 5.74. The van der Waals surface area contributed by atoms with Crippen LogP contribution in [0.25, 0.3) is 0 Å². The standard InChI is InChI=1S/C8H8NO/c1-10-8(9)7-5-3-2-4-6-7/h2-6H,1H3. The van der Waals surface area contributed by atoms with Gasteiger partial charge in [0.05, 0.1) is 7.11 Å². The van der Waals surface area contributed by atoms with E-state index < -0.39 is 0 Å². The van der Waals surface area contributed by atoms with Crippen LogP contribution in [0, 0.1) is 0 Å². The van der Waals surface area contributed by atoms with Gasteiger partial charge in [0.2, 0.25) is 5.90 Å². The van der Waals surface area contributed by atoms with E-state index in [2.05, 4.69) is 4.74 Å². The van der Waals surface area contributed by atoms with Crippen LogP contribution in [0.15, 0.2) is 30.3 Å². The smallest absolute Gasteiger partial charge is 0.240 e. The first-order chi connectivity index (χ1) is 4.84. The van der Waals surface area contributed by atoms with Crippen molar-refractivity contribution in [1.82, 2.24) is 5.41 Å². The minimum absolute atomic E-state index is 0.0411. The maximum absolute atomic E-state index is 9.02. The summed E-state index contributed by atoms with van der Waals surface area (Å²) in [4.78, 5) is 0. The maximum atomic E-state index is 9.02. The molecule has 0 aliphatic carbocycles. The van der Waals surface area contributed by atoms with Crippen LogP contribution in [-0.2, 0) is 4.74 Å². The number of benzene rings is 1. The summed E-state index contributed by atoms with van der Waals surface area (Å²) in [5.41, 5.74) is 0.699. The van der Waals surface area contributed by atoms with E-state index >= 15 is 0 Å². The molecule has 0 aliphatic rings. The van der Waals surface area contributed by atoms with Crippen molar-refractivity contribution in [3.8, 4) is 0 Å². The van der Waals surface area contributed by atoms with E-state index in [0.717, 1.165) is 0 Å². The lowest BCUT2D eigenvalue weighted by Crippen LogP contribution is -2.02. The molecule has 2 heteroatoms. The Labute approximate surface area is 60.0 Å². The van der Waals surface area contributed by atoms with Gasteiger partial charge in [-0.1, -0.05) is 18.2 Å². The second-order valence-electron chi connectivity index (χ2n) is 1.88. The average molecular weight is 134 g/mol. The molecule has 1 radical (unpaired) electrons. The number of hydrogen-bond donors (Lipinski definition) is 0. The Hall–Kier alpha value is -1.31. The number of methoxy groups -OCH3 is 1. The number of ether oxygens (including phenoxy) is 1. The van der Waals surface area contributed by atoms with Crippen LogP contribution in [0.4, 0.5) is 0 Å². The SMILES string of the molecule is COC(=[N])c1ccccc1. The number of nitrogens with zero attached hydrogens (tertiary/aromatic N) is 1. The third-order valence-electron chi connectivity index (χ3n) is 1.21. The molecule has 0 saturated heterocycles. The molecule has 0 fully saturated rings. The third-order valence-corrected chi connectivity index (χ3v) is 1.21. The van der Waals surface area contributed by atoms with Crippen LogP contribution >= 0.6 is 0 Å². The van der Waals surface area contributed by atoms with Gasteiger partial charge in [-0.25, -0.2) is 0 Å². The van der Waals surface area contributed by atoms with Crippen LogP contribution < -0.4 is 5.41 Å². The van der Waals surface area contributed by atoms with Crippen LogP contribution in [0.3, 0.4) is 0 Å². The van der Waals surface area contributed by atoms with Crippen LogP contribution in [0.5, 0.6) is 0 Å². The quantitative estimate of drug-likeness (QED) is 0.414. The summed E-state index contributed by atoms with van der Waals surface area (Å²) >= 11 is 0. The molecule has 0 atom stereocenters. The van der Waals surface area contributed by atoms with Gasteiger partial charge in [0, 0.05) is 5.56 Å². The first-order valence-electron chi connectivity index (χ1n) is 3.00. The van der Waals surface area contributed by atoms with E-state index in [9.17, 15) is 0 Å². The molecule has 10 heavy (non-hydrogen) atoms. The van der Waals surface area contributed by atoms with Crippen molar-refractivity contribution < 1.29 is 4.74 Å².